The van der Waals surface area contributed by atoms with E-state index in [4.69, 9.17) is 9.47 Å². The maximum Gasteiger partial charge on any atom is 0.254 e. The van der Waals surface area contributed by atoms with Crippen molar-refractivity contribution in [2.45, 2.75) is 38.1 Å². The standard InChI is InChI=1S/C26H32N2O4/c1-2-24(20-7-4-3-5-8-20)26(30)28-14-6-9-22(28)19-32-23-12-10-21(11-13-23)25(29)27-15-17-31-18-16-27/h3-5,7-8,10-13,22,24H,2,6,9,14-19H2,1H3. The molecule has 2 amide bonds. The maximum absolute atomic E-state index is 13.3. The molecule has 0 aliphatic carbocycles. The molecule has 170 valence electrons. The van der Waals surface area contributed by atoms with Crippen LogP contribution in [0.1, 0.15) is 48.0 Å². The fourth-order valence-corrected chi connectivity index (χ4v) is 4.57. The SMILES string of the molecule is CCC(C(=O)N1CCCC1COc1ccc(C(=O)N2CCOCC2)cc1)c1ccccc1. The Balaban J connectivity index is 1.34. The highest BCUT2D eigenvalue weighted by molar-refractivity contribution is 5.94. The molecule has 2 unspecified atom stereocenters. The third kappa shape index (κ3) is 5.13. The van der Waals surface area contributed by atoms with Crippen LogP contribution in [0, 0.1) is 0 Å². The van der Waals surface area contributed by atoms with Gasteiger partial charge in [-0.1, -0.05) is 37.3 Å². The van der Waals surface area contributed by atoms with Crippen LogP contribution >= 0.6 is 0 Å². The molecule has 0 N–H and O–H groups in total. The molecule has 2 aliphatic rings. The highest BCUT2D eigenvalue weighted by Gasteiger charge is 2.33. The molecule has 0 radical (unpaired) electrons. The van der Waals surface area contributed by atoms with Crippen molar-refractivity contribution < 1.29 is 19.1 Å². The number of carbonyl (C=O) groups is 2. The predicted molar refractivity (Wildman–Crippen MR) is 123 cm³/mol. The van der Waals surface area contributed by atoms with E-state index in [0.29, 0.717) is 38.5 Å². The van der Waals surface area contributed by atoms with Crippen molar-refractivity contribution in [3.63, 3.8) is 0 Å². The van der Waals surface area contributed by atoms with Gasteiger partial charge in [-0.3, -0.25) is 9.59 Å². The lowest BCUT2D eigenvalue weighted by molar-refractivity contribution is -0.134. The van der Waals surface area contributed by atoms with Gasteiger partial charge in [0.15, 0.2) is 0 Å². The molecule has 0 saturated carbocycles. The quantitative estimate of drug-likeness (QED) is 0.664. The lowest BCUT2D eigenvalue weighted by Crippen LogP contribution is -2.41. The number of amides is 2. The first-order valence-corrected chi connectivity index (χ1v) is 11.6. The third-order valence-electron chi connectivity index (χ3n) is 6.41. The number of benzene rings is 2. The molecule has 6 heteroatoms. The van der Waals surface area contributed by atoms with Gasteiger partial charge in [0.05, 0.1) is 25.2 Å². The number of ether oxygens (including phenoxy) is 2. The lowest BCUT2D eigenvalue weighted by atomic mass is 9.95. The first kappa shape index (κ1) is 22.3. The van der Waals surface area contributed by atoms with Gasteiger partial charge in [0, 0.05) is 25.2 Å². The second-order valence-electron chi connectivity index (χ2n) is 8.44. The molecule has 4 rings (SSSR count). The van der Waals surface area contributed by atoms with E-state index in [2.05, 4.69) is 6.92 Å². The predicted octanol–water partition coefficient (Wildman–Crippen LogP) is 3.72. The molecule has 6 nitrogen and oxygen atoms in total. The van der Waals surface area contributed by atoms with Gasteiger partial charge >= 0.3 is 0 Å². The minimum absolute atomic E-state index is 0.0268. The van der Waals surface area contributed by atoms with E-state index >= 15 is 0 Å². The maximum atomic E-state index is 13.3. The molecule has 2 aromatic rings. The van der Waals surface area contributed by atoms with Crippen molar-refractivity contribution in [2.75, 3.05) is 39.5 Å². The molecular weight excluding hydrogens is 404 g/mol. The van der Waals surface area contributed by atoms with Gasteiger partial charge in [0.25, 0.3) is 5.91 Å². The van der Waals surface area contributed by atoms with E-state index in [1.807, 2.05) is 64.4 Å². The Bertz CT molecular complexity index is 894. The summed E-state index contributed by atoms with van der Waals surface area (Å²) in [6, 6.07) is 17.4. The van der Waals surface area contributed by atoms with Crippen LogP contribution in [-0.4, -0.2) is 67.1 Å². The topological polar surface area (TPSA) is 59.1 Å². The summed E-state index contributed by atoms with van der Waals surface area (Å²) >= 11 is 0. The number of hydrogen-bond donors (Lipinski definition) is 0. The molecule has 2 aliphatic heterocycles. The minimum Gasteiger partial charge on any atom is -0.491 e. The van der Waals surface area contributed by atoms with Crippen molar-refractivity contribution >= 4 is 11.8 Å². The molecule has 0 spiro atoms. The van der Waals surface area contributed by atoms with Crippen molar-refractivity contribution in [3.8, 4) is 5.75 Å². The van der Waals surface area contributed by atoms with Crippen molar-refractivity contribution in [3.05, 3.63) is 65.7 Å². The zero-order valence-corrected chi connectivity index (χ0v) is 18.7. The van der Waals surface area contributed by atoms with Crippen LogP contribution in [0.5, 0.6) is 5.75 Å². The Hall–Kier alpha value is -2.86. The van der Waals surface area contributed by atoms with Crippen molar-refractivity contribution in [1.82, 2.24) is 9.80 Å². The number of carbonyl (C=O) groups excluding carboxylic acids is 2. The van der Waals surface area contributed by atoms with E-state index in [1.54, 1.807) is 0 Å². The first-order valence-electron chi connectivity index (χ1n) is 11.6. The zero-order chi connectivity index (χ0) is 22.3. The van der Waals surface area contributed by atoms with Gasteiger partial charge in [0.1, 0.15) is 12.4 Å². The molecule has 32 heavy (non-hydrogen) atoms. The van der Waals surface area contributed by atoms with Crippen LogP contribution in [0.25, 0.3) is 0 Å². The summed E-state index contributed by atoms with van der Waals surface area (Å²) in [7, 11) is 0. The monoisotopic (exact) mass is 436 g/mol. The molecule has 2 aromatic carbocycles. The van der Waals surface area contributed by atoms with Gasteiger partial charge in [0.2, 0.25) is 5.91 Å². The first-order chi connectivity index (χ1) is 15.7. The smallest absolute Gasteiger partial charge is 0.254 e. The Labute approximate surface area is 190 Å². The highest BCUT2D eigenvalue weighted by atomic mass is 16.5. The summed E-state index contributed by atoms with van der Waals surface area (Å²) in [5, 5.41) is 0. The molecule has 0 bridgehead atoms. The van der Waals surface area contributed by atoms with Crippen molar-refractivity contribution in [1.29, 1.82) is 0 Å². The average Bonchev–Trinajstić information content (AvgIpc) is 3.33. The number of nitrogens with zero attached hydrogens (tertiary/aromatic N) is 2. The molecular formula is C26H32N2O4. The Morgan fingerprint density at radius 2 is 1.75 bits per heavy atom. The second-order valence-corrected chi connectivity index (χ2v) is 8.44. The fourth-order valence-electron chi connectivity index (χ4n) is 4.57. The number of hydrogen-bond acceptors (Lipinski definition) is 4. The van der Waals surface area contributed by atoms with Gasteiger partial charge in [-0.05, 0) is 49.1 Å². The van der Waals surface area contributed by atoms with E-state index in [1.165, 1.54) is 0 Å². The summed E-state index contributed by atoms with van der Waals surface area (Å²) in [6.07, 6.45) is 2.73. The molecule has 0 aromatic heterocycles. The summed E-state index contributed by atoms with van der Waals surface area (Å²) < 4.78 is 11.3. The summed E-state index contributed by atoms with van der Waals surface area (Å²) in [5.41, 5.74) is 1.73. The Morgan fingerprint density at radius 3 is 2.44 bits per heavy atom. The van der Waals surface area contributed by atoms with E-state index in [9.17, 15) is 9.59 Å². The van der Waals surface area contributed by atoms with Crippen LogP contribution < -0.4 is 4.74 Å². The number of rotatable bonds is 7. The summed E-state index contributed by atoms with van der Waals surface area (Å²) in [4.78, 5) is 29.7. The third-order valence-corrected chi connectivity index (χ3v) is 6.41. The summed E-state index contributed by atoms with van der Waals surface area (Å²) in [5.74, 6) is 0.829. The van der Waals surface area contributed by atoms with Crippen LogP contribution in [0.4, 0.5) is 0 Å². The lowest BCUT2D eigenvalue weighted by Gasteiger charge is -2.29. The van der Waals surface area contributed by atoms with Gasteiger partial charge in [-0.25, -0.2) is 0 Å². The molecule has 2 heterocycles. The van der Waals surface area contributed by atoms with E-state index in [0.717, 1.165) is 37.1 Å². The van der Waals surface area contributed by atoms with Crippen LogP contribution in [0.15, 0.2) is 54.6 Å². The molecule has 2 saturated heterocycles. The van der Waals surface area contributed by atoms with Crippen LogP contribution in [0.3, 0.4) is 0 Å². The number of likely N-dealkylation sites (tertiary alicyclic amines) is 1. The van der Waals surface area contributed by atoms with Gasteiger partial charge in [-0.2, -0.15) is 0 Å². The number of morpholine rings is 1. The van der Waals surface area contributed by atoms with Crippen LogP contribution in [0.2, 0.25) is 0 Å². The van der Waals surface area contributed by atoms with Crippen LogP contribution in [-0.2, 0) is 9.53 Å². The zero-order valence-electron chi connectivity index (χ0n) is 18.7. The van der Waals surface area contributed by atoms with E-state index < -0.39 is 0 Å². The van der Waals surface area contributed by atoms with Gasteiger partial charge in [-0.15, -0.1) is 0 Å². The average molecular weight is 437 g/mol. The highest BCUT2D eigenvalue weighted by Crippen LogP contribution is 2.27. The minimum atomic E-state index is -0.109. The fraction of sp³-hybridized carbons (Fsp3) is 0.462. The molecule has 2 atom stereocenters. The molecule has 2 fully saturated rings. The Morgan fingerprint density at radius 1 is 1.03 bits per heavy atom. The Kier molecular flexibility index (Phi) is 7.43. The summed E-state index contributed by atoms with van der Waals surface area (Å²) in [6.45, 7) is 5.75. The van der Waals surface area contributed by atoms with Gasteiger partial charge < -0.3 is 19.3 Å². The van der Waals surface area contributed by atoms with Crippen molar-refractivity contribution in [2.24, 2.45) is 0 Å². The second kappa shape index (κ2) is 10.6. The normalized spacial score (nSPS) is 19.6. The largest absolute Gasteiger partial charge is 0.491 e. The van der Waals surface area contributed by atoms with E-state index in [-0.39, 0.29) is 23.8 Å².